The van der Waals surface area contributed by atoms with Crippen LogP contribution in [0.4, 0.5) is 11.4 Å². The number of nitrogens with one attached hydrogen (secondary N) is 1. The summed E-state index contributed by atoms with van der Waals surface area (Å²) in [7, 11) is 0. The van der Waals surface area contributed by atoms with E-state index in [1.54, 1.807) is 30.5 Å². The van der Waals surface area contributed by atoms with Crippen molar-refractivity contribution in [2.45, 2.75) is 0 Å². The van der Waals surface area contributed by atoms with Gasteiger partial charge in [0, 0.05) is 23.3 Å². The summed E-state index contributed by atoms with van der Waals surface area (Å²) in [5, 5.41) is 3.61. The predicted molar refractivity (Wildman–Crippen MR) is 84.6 cm³/mol. The second-order valence-electron chi connectivity index (χ2n) is 4.72. The summed E-state index contributed by atoms with van der Waals surface area (Å²) < 4.78 is 10.5. The van der Waals surface area contributed by atoms with Gasteiger partial charge in [-0.3, -0.25) is 4.79 Å². The van der Waals surface area contributed by atoms with E-state index in [1.807, 2.05) is 6.07 Å². The third-order valence-corrected chi connectivity index (χ3v) is 4.47. The first kappa shape index (κ1) is 12.9. The van der Waals surface area contributed by atoms with Gasteiger partial charge in [0.2, 0.25) is 6.79 Å². The normalized spacial score (nSPS) is 12.5. The molecule has 7 heteroatoms. The molecule has 1 aliphatic rings. The summed E-state index contributed by atoms with van der Waals surface area (Å²) in [5.41, 5.74) is 7.12. The van der Waals surface area contributed by atoms with E-state index in [2.05, 4.69) is 10.3 Å². The van der Waals surface area contributed by atoms with Gasteiger partial charge in [-0.2, -0.15) is 0 Å². The number of nitrogens with zero attached hydrogens (tertiary/aromatic N) is 1. The van der Waals surface area contributed by atoms with Crippen LogP contribution in [0, 0.1) is 0 Å². The molecule has 6 nitrogen and oxygen atoms in total. The third-order valence-electron chi connectivity index (χ3n) is 3.34. The zero-order valence-electron chi connectivity index (χ0n) is 11.3. The molecule has 0 radical (unpaired) electrons. The number of hydrogen-bond donors (Lipinski definition) is 2. The van der Waals surface area contributed by atoms with Gasteiger partial charge in [0.25, 0.3) is 5.91 Å². The summed E-state index contributed by atoms with van der Waals surface area (Å²) in [6.07, 6.45) is 1.68. The molecule has 3 heterocycles. The van der Waals surface area contributed by atoms with Gasteiger partial charge in [-0.1, -0.05) is 0 Å². The number of carbonyl (C=O) groups excluding carboxylic acids is 1. The Balaban J connectivity index is 1.65. The highest BCUT2D eigenvalue weighted by atomic mass is 32.1. The molecule has 1 aliphatic heterocycles. The summed E-state index contributed by atoms with van der Waals surface area (Å²) in [6.45, 7) is 0.196. The Labute approximate surface area is 129 Å². The molecule has 3 aromatic rings. The third kappa shape index (κ3) is 2.03. The number of nitrogens with two attached hydrogens (primary N) is 1. The van der Waals surface area contributed by atoms with Gasteiger partial charge in [0.05, 0.1) is 5.69 Å². The highest BCUT2D eigenvalue weighted by Gasteiger charge is 2.18. The zero-order chi connectivity index (χ0) is 15.1. The average Bonchev–Trinajstić information content (AvgIpc) is 3.12. The molecule has 0 saturated carbocycles. The molecule has 0 fully saturated rings. The molecule has 4 rings (SSSR count). The number of nitrogen functional groups attached to an aromatic ring is 1. The van der Waals surface area contributed by atoms with Gasteiger partial charge in [-0.15, -0.1) is 11.3 Å². The van der Waals surface area contributed by atoms with E-state index >= 15 is 0 Å². The minimum atomic E-state index is -0.264. The van der Waals surface area contributed by atoms with Crippen molar-refractivity contribution in [1.82, 2.24) is 4.98 Å². The van der Waals surface area contributed by atoms with Crippen LogP contribution in [0.3, 0.4) is 0 Å². The van der Waals surface area contributed by atoms with Gasteiger partial charge in [0.15, 0.2) is 11.5 Å². The quantitative estimate of drug-likeness (QED) is 0.759. The van der Waals surface area contributed by atoms with E-state index in [0.717, 1.165) is 10.2 Å². The fraction of sp³-hybridized carbons (Fsp3) is 0.0667. The highest BCUT2D eigenvalue weighted by molar-refractivity contribution is 7.21. The average molecular weight is 313 g/mol. The van der Waals surface area contributed by atoms with Crippen molar-refractivity contribution in [1.29, 1.82) is 0 Å². The first-order valence-electron chi connectivity index (χ1n) is 6.56. The molecular weight excluding hydrogens is 302 g/mol. The fourth-order valence-corrected chi connectivity index (χ4v) is 3.24. The molecule has 0 bridgehead atoms. The SMILES string of the molecule is Nc1c(C(=O)Nc2ccc3c(c2)OCO3)sc2ncccc12. The van der Waals surface area contributed by atoms with E-state index in [1.165, 1.54) is 11.3 Å². The Hall–Kier alpha value is -2.80. The number of ether oxygens (including phenoxy) is 2. The van der Waals surface area contributed by atoms with Crippen molar-refractivity contribution in [3.8, 4) is 11.5 Å². The molecule has 110 valence electrons. The van der Waals surface area contributed by atoms with Gasteiger partial charge >= 0.3 is 0 Å². The van der Waals surface area contributed by atoms with Crippen molar-refractivity contribution < 1.29 is 14.3 Å². The lowest BCUT2D eigenvalue weighted by atomic mass is 10.2. The number of thiophene rings is 1. The Kier molecular flexibility index (Phi) is 2.87. The molecule has 3 N–H and O–H groups in total. The number of hydrogen-bond acceptors (Lipinski definition) is 6. The van der Waals surface area contributed by atoms with E-state index in [9.17, 15) is 4.79 Å². The van der Waals surface area contributed by atoms with Crippen LogP contribution in [0.5, 0.6) is 11.5 Å². The van der Waals surface area contributed by atoms with Gasteiger partial charge < -0.3 is 20.5 Å². The minimum Gasteiger partial charge on any atom is -0.454 e. The number of amides is 1. The van der Waals surface area contributed by atoms with E-state index in [4.69, 9.17) is 15.2 Å². The van der Waals surface area contributed by atoms with Crippen LogP contribution in [0.1, 0.15) is 9.67 Å². The largest absolute Gasteiger partial charge is 0.454 e. The molecule has 0 atom stereocenters. The smallest absolute Gasteiger partial charge is 0.267 e. The first-order valence-corrected chi connectivity index (χ1v) is 7.38. The second kappa shape index (κ2) is 4.88. The van der Waals surface area contributed by atoms with Crippen molar-refractivity contribution in [3.63, 3.8) is 0 Å². The molecule has 0 spiro atoms. The molecule has 1 amide bonds. The molecule has 0 unspecified atom stereocenters. The maximum Gasteiger partial charge on any atom is 0.267 e. The maximum absolute atomic E-state index is 12.4. The van der Waals surface area contributed by atoms with Crippen molar-refractivity contribution in [2.24, 2.45) is 0 Å². The van der Waals surface area contributed by atoms with Crippen LogP contribution < -0.4 is 20.5 Å². The highest BCUT2D eigenvalue weighted by Crippen LogP contribution is 2.35. The van der Waals surface area contributed by atoms with Crippen molar-refractivity contribution in [2.75, 3.05) is 17.8 Å². The molecule has 0 aliphatic carbocycles. The van der Waals surface area contributed by atoms with Gasteiger partial charge in [-0.05, 0) is 24.3 Å². The van der Waals surface area contributed by atoms with Crippen LogP contribution >= 0.6 is 11.3 Å². The Bertz CT molecular complexity index is 891. The lowest BCUT2D eigenvalue weighted by Crippen LogP contribution is -2.11. The zero-order valence-corrected chi connectivity index (χ0v) is 12.1. The number of aromatic nitrogens is 1. The van der Waals surface area contributed by atoms with Gasteiger partial charge in [0.1, 0.15) is 9.71 Å². The number of benzene rings is 1. The first-order chi connectivity index (χ1) is 10.7. The Morgan fingerprint density at radius 2 is 2.14 bits per heavy atom. The van der Waals surface area contributed by atoms with Crippen LogP contribution in [0.15, 0.2) is 36.5 Å². The van der Waals surface area contributed by atoms with E-state index < -0.39 is 0 Å². The molecular formula is C15H11N3O3S. The second-order valence-corrected chi connectivity index (χ2v) is 5.72. The topological polar surface area (TPSA) is 86.5 Å². The molecule has 2 aromatic heterocycles. The number of carbonyl (C=O) groups is 1. The minimum absolute atomic E-state index is 0.196. The maximum atomic E-state index is 12.4. The molecule has 22 heavy (non-hydrogen) atoms. The molecule has 0 saturated heterocycles. The Morgan fingerprint density at radius 1 is 1.27 bits per heavy atom. The lowest BCUT2D eigenvalue weighted by molar-refractivity contribution is 0.103. The number of pyridine rings is 1. The van der Waals surface area contributed by atoms with Crippen molar-refractivity contribution in [3.05, 3.63) is 41.4 Å². The number of rotatable bonds is 2. The standard InChI is InChI=1S/C15H11N3O3S/c16-12-9-2-1-5-17-15(9)22-13(12)14(19)18-8-3-4-10-11(6-8)21-7-20-10/h1-6H,7,16H2,(H,18,19). The summed E-state index contributed by atoms with van der Waals surface area (Å²) in [5.74, 6) is 1.02. The predicted octanol–water partition coefficient (Wildman–Crippen LogP) is 2.86. The summed E-state index contributed by atoms with van der Waals surface area (Å²) in [4.78, 5) is 17.8. The van der Waals surface area contributed by atoms with Crippen LogP contribution in [0.2, 0.25) is 0 Å². The summed E-state index contributed by atoms with van der Waals surface area (Å²) in [6, 6.07) is 8.89. The van der Waals surface area contributed by atoms with E-state index in [-0.39, 0.29) is 12.7 Å². The fourth-order valence-electron chi connectivity index (χ4n) is 2.28. The lowest BCUT2D eigenvalue weighted by Gasteiger charge is -2.05. The summed E-state index contributed by atoms with van der Waals surface area (Å²) >= 11 is 1.27. The Morgan fingerprint density at radius 3 is 3.00 bits per heavy atom. The van der Waals surface area contributed by atoms with Crippen LogP contribution in [-0.2, 0) is 0 Å². The van der Waals surface area contributed by atoms with Crippen LogP contribution in [-0.4, -0.2) is 17.7 Å². The number of fused-ring (bicyclic) bond motifs is 2. The van der Waals surface area contributed by atoms with Crippen molar-refractivity contribution >= 4 is 38.8 Å². The number of anilines is 2. The van der Waals surface area contributed by atoms with E-state index in [0.29, 0.717) is 27.8 Å². The molecule has 1 aromatic carbocycles. The van der Waals surface area contributed by atoms with Gasteiger partial charge in [-0.25, -0.2) is 4.98 Å². The van der Waals surface area contributed by atoms with Crippen LogP contribution in [0.25, 0.3) is 10.2 Å². The monoisotopic (exact) mass is 313 g/mol.